The van der Waals surface area contributed by atoms with Crippen molar-refractivity contribution in [2.24, 2.45) is 5.73 Å². The molecular formula is C11H15NS. The molecule has 2 N–H and O–H groups in total. The molecule has 0 bridgehead atoms. The first-order valence-electron chi connectivity index (χ1n) is 4.84. The van der Waals surface area contributed by atoms with E-state index in [-0.39, 0.29) is 6.04 Å². The zero-order valence-electron chi connectivity index (χ0n) is 7.86. The predicted molar refractivity (Wildman–Crippen MR) is 57.9 cm³/mol. The van der Waals surface area contributed by atoms with Crippen LogP contribution in [0.3, 0.4) is 0 Å². The smallest absolute Gasteiger partial charge is 0.0430 e. The van der Waals surface area contributed by atoms with E-state index in [4.69, 9.17) is 5.73 Å². The Morgan fingerprint density at radius 3 is 2.85 bits per heavy atom. The summed E-state index contributed by atoms with van der Waals surface area (Å²) in [5.41, 5.74) is 7.49. The Bertz CT molecular complexity index is 298. The van der Waals surface area contributed by atoms with E-state index < -0.39 is 0 Å². The van der Waals surface area contributed by atoms with E-state index in [1.54, 1.807) is 0 Å². The second-order valence-electron chi connectivity index (χ2n) is 3.51. The van der Waals surface area contributed by atoms with Crippen molar-refractivity contribution in [1.29, 1.82) is 0 Å². The average Bonchev–Trinajstić information content (AvgIpc) is 2.46. The van der Waals surface area contributed by atoms with Crippen LogP contribution in [0.15, 0.2) is 29.2 Å². The Kier molecular flexibility index (Phi) is 2.61. The average molecular weight is 193 g/mol. The van der Waals surface area contributed by atoms with Gasteiger partial charge in [0.2, 0.25) is 0 Å². The second-order valence-corrected chi connectivity index (χ2v) is 4.79. The molecule has 70 valence electrons. The lowest BCUT2D eigenvalue weighted by Crippen LogP contribution is -2.18. The van der Waals surface area contributed by atoms with Crippen LogP contribution in [0.25, 0.3) is 0 Å². The van der Waals surface area contributed by atoms with Gasteiger partial charge in [-0.1, -0.05) is 31.5 Å². The molecule has 2 unspecified atom stereocenters. The zero-order chi connectivity index (χ0) is 9.26. The molecule has 1 aromatic rings. The minimum Gasteiger partial charge on any atom is -0.323 e. The third kappa shape index (κ3) is 1.61. The number of nitrogens with two attached hydrogens (primary N) is 1. The highest BCUT2D eigenvalue weighted by Gasteiger charge is 2.28. The van der Waals surface area contributed by atoms with Crippen LogP contribution < -0.4 is 5.73 Å². The fraction of sp³-hybridized carbons (Fsp3) is 0.455. The highest BCUT2D eigenvalue weighted by atomic mass is 32.2. The molecule has 2 rings (SSSR count). The maximum absolute atomic E-state index is 6.16. The summed E-state index contributed by atoms with van der Waals surface area (Å²) in [6, 6.07) is 8.75. The molecular weight excluding hydrogens is 178 g/mol. The van der Waals surface area contributed by atoms with Gasteiger partial charge in [-0.3, -0.25) is 0 Å². The van der Waals surface area contributed by atoms with E-state index in [2.05, 4.69) is 31.2 Å². The van der Waals surface area contributed by atoms with Crippen molar-refractivity contribution in [2.75, 3.05) is 0 Å². The van der Waals surface area contributed by atoms with E-state index in [1.165, 1.54) is 23.3 Å². The van der Waals surface area contributed by atoms with Crippen molar-refractivity contribution in [1.82, 2.24) is 0 Å². The number of hydrogen-bond donors (Lipinski definition) is 1. The van der Waals surface area contributed by atoms with Gasteiger partial charge >= 0.3 is 0 Å². The van der Waals surface area contributed by atoms with Crippen molar-refractivity contribution in [3.63, 3.8) is 0 Å². The zero-order valence-corrected chi connectivity index (χ0v) is 8.68. The molecule has 2 heteroatoms. The Labute approximate surface area is 83.7 Å². The molecule has 1 aliphatic heterocycles. The SMILES string of the molecule is CCCC1Sc2ccccc2C1N. The van der Waals surface area contributed by atoms with Gasteiger partial charge < -0.3 is 5.73 Å². The maximum Gasteiger partial charge on any atom is 0.0430 e. The predicted octanol–water partition coefficient (Wildman–Crippen LogP) is 2.96. The number of fused-ring (bicyclic) bond motifs is 1. The Balaban J connectivity index is 2.22. The summed E-state index contributed by atoms with van der Waals surface area (Å²) in [7, 11) is 0. The molecule has 0 saturated carbocycles. The molecule has 0 saturated heterocycles. The quantitative estimate of drug-likeness (QED) is 0.781. The Hall–Kier alpha value is -0.470. The van der Waals surface area contributed by atoms with Crippen molar-refractivity contribution < 1.29 is 0 Å². The van der Waals surface area contributed by atoms with Gasteiger partial charge in [-0.2, -0.15) is 0 Å². The number of rotatable bonds is 2. The highest BCUT2D eigenvalue weighted by Crippen LogP contribution is 2.44. The first kappa shape index (κ1) is 9.10. The maximum atomic E-state index is 6.16. The topological polar surface area (TPSA) is 26.0 Å². The first-order chi connectivity index (χ1) is 6.33. The molecule has 0 aliphatic carbocycles. The fourth-order valence-corrected chi connectivity index (χ4v) is 3.29. The molecule has 1 aliphatic rings. The normalized spacial score (nSPS) is 26.0. The number of hydrogen-bond acceptors (Lipinski definition) is 2. The third-order valence-electron chi connectivity index (χ3n) is 2.53. The van der Waals surface area contributed by atoms with Gasteiger partial charge in [0.05, 0.1) is 0 Å². The Morgan fingerprint density at radius 2 is 2.15 bits per heavy atom. The van der Waals surface area contributed by atoms with E-state index in [0.29, 0.717) is 5.25 Å². The molecule has 2 atom stereocenters. The van der Waals surface area contributed by atoms with E-state index in [9.17, 15) is 0 Å². The van der Waals surface area contributed by atoms with Crippen molar-refractivity contribution in [3.8, 4) is 0 Å². The van der Waals surface area contributed by atoms with Gasteiger partial charge in [0, 0.05) is 16.2 Å². The van der Waals surface area contributed by atoms with Crippen LogP contribution in [-0.4, -0.2) is 5.25 Å². The lowest BCUT2D eigenvalue weighted by molar-refractivity contribution is 0.630. The van der Waals surface area contributed by atoms with Gasteiger partial charge in [0.15, 0.2) is 0 Å². The minimum atomic E-state index is 0.251. The summed E-state index contributed by atoms with van der Waals surface area (Å²) in [6.45, 7) is 2.22. The van der Waals surface area contributed by atoms with Crippen LogP contribution in [0.4, 0.5) is 0 Å². The standard InChI is InChI=1S/C11H15NS/c1-2-5-10-11(12)8-6-3-4-7-9(8)13-10/h3-4,6-7,10-11H,2,5,12H2,1H3. The van der Waals surface area contributed by atoms with Crippen LogP contribution >= 0.6 is 11.8 Å². The molecule has 0 aromatic heterocycles. The Morgan fingerprint density at radius 1 is 1.38 bits per heavy atom. The van der Waals surface area contributed by atoms with Crippen LogP contribution in [-0.2, 0) is 0 Å². The lowest BCUT2D eigenvalue weighted by Gasteiger charge is -2.13. The second kappa shape index (κ2) is 3.72. The highest BCUT2D eigenvalue weighted by molar-refractivity contribution is 8.00. The van der Waals surface area contributed by atoms with Crippen LogP contribution in [0.2, 0.25) is 0 Å². The van der Waals surface area contributed by atoms with E-state index >= 15 is 0 Å². The minimum absolute atomic E-state index is 0.251. The summed E-state index contributed by atoms with van der Waals surface area (Å²) in [6.07, 6.45) is 2.44. The molecule has 1 heterocycles. The molecule has 13 heavy (non-hydrogen) atoms. The van der Waals surface area contributed by atoms with Gasteiger partial charge in [0.1, 0.15) is 0 Å². The summed E-state index contributed by atoms with van der Waals surface area (Å²) in [5, 5.41) is 0.599. The molecule has 1 aromatic carbocycles. The van der Waals surface area contributed by atoms with Crippen LogP contribution in [0, 0.1) is 0 Å². The fourth-order valence-electron chi connectivity index (χ4n) is 1.82. The van der Waals surface area contributed by atoms with Gasteiger partial charge in [-0.05, 0) is 18.1 Å². The van der Waals surface area contributed by atoms with Crippen LogP contribution in [0.5, 0.6) is 0 Å². The molecule has 1 nitrogen and oxygen atoms in total. The monoisotopic (exact) mass is 193 g/mol. The van der Waals surface area contributed by atoms with Gasteiger partial charge in [0.25, 0.3) is 0 Å². The third-order valence-corrected chi connectivity index (χ3v) is 3.99. The summed E-state index contributed by atoms with van der Waals surface area (Å²) < 4.78 is 0. The largest absolute Gasteiger partial charge is 0.323 e. The lowest BCUT2D eigenvalue weighted by atomic mass is 10.0. The number of benzene rings is 1. The summed E-state index contributed by atoms with van der Waals surface area (Å²) in [4.78, 5) is 1.38. The molecule has 0 radical (unpaired) electrons. The molecule has 0 amide bonds. The molecule has 0 fully saturated rings. The van der Waals surface area contributed by atoms with Gasteiger partial charge in [-0.15, -0.1) is 11.8 Å². The van der Waals surface area contributed by atoms with E-state index in [1.807, 2.05) is 11.8 Å². The summed E-state index contributed by atoms with van der Waals surface area (Å²) >= 11 is 1.94. The van der Waals surface area contributed by atoms with Crippen LogP contribution in [0.1, 0.15) is 31.4 Å². The van der Waals surface area contributed by atoms with Gasteiger partial charge in [-0.25, -0.2) is 0 Å². The van der Waals surface area contributed by atoms with Crippen molar-refractivity contribution in [3.05, 3.63) is 29.8 Å². The number of thioether (sulfide) groups is 1. The summed E-state index contributed by atoms with van der Waals surface area (Å²) in [5.74, 6) is 0. The van der Waals surface area contributed by atoms with Crippen molar-refractivity contribution >= 4 is 11.8 Å². The first-order valence-corrected chi connectivity index (χ1v) is 5.72. The molecule has 0 spiro atoms. The van der Waals surface area contributed by atoms with Crippen molar-refractivity contribution in [2.45, 2.75) is 36.0 Å². The van der Waals surface area contributed by atoms with E-state index in [0.717, 1.165) is 0 Å².